The average molecular weight is 485 g/mol. The Balaban J connectivity index is 2.40. The Bertz CT molecular complexity index is 1060. The number of sulfonamides is 1. The average Bonchev–Trinajstić information content (AvgIpc) is 2.75. The molecule has 0 bridgehead atoms. The first kappa shape index (κ1) is 25.6. The van der Waals surface area contributed by atoms with Gasteiger partial charge >= 0.3 is 0 Å². The quantitative estimate of drug-likeness (QED) is 0.551. The molecule has 176 valence electrons. The van der Waals surface area contributed by atoms with E-state index in [1.54, 1.807) is 51.3 Å². The number of hydrogen-bond acceptors (Lipinski definition) is 6. The van der Waals surface area contributed by atoms with E-state index in [-0.39, 0.29) is 17.1 Å². The van der Waals surface area contributed by atoms with Gasteiger partial charge in [0.2, 0.25) is 15.9 Å². The van der Waals surface area contributed by atoms with Crippen LogP contribution in [-0.2, 0) is 14.8 Å². The second kappa shape index (κ2) is 10.8. The van der Waals surface area contributed by atoms with E-state index in [1.807, 2.05) is 0 Å². The molecule has 0 fully saturated rings. The third-order valence-corrected chi connectivity index (χ3v) is 6.46. The van der Waals surface area contributed by atoms with Gasteiger partial charge in [0.15, 0.2) is 0 Å². The van der Waals surface area contributed by atoms with Crippen LogP contribution in [0, 0.1) is 0 Å². The molecule has 2 aromatic carbocycles. The Labute approximate surface area is 194 Å². The van der Waals surface area contributed by atoms with E-state index in [0.29, 0.717) is 22.8 Å². The first-order valence-corrected chi connectivity index (χ1v) is 12.1. The van der Waals surface area contributed by atoms with Crippen molar-refractivity contribution in [3.8, 4) is 17.2 Å². The predicted octanol–water partition coefficient (Wildman–Crippen LogP) is 3.79. The molecule has 0 radical (unpaired) electrons. The lowest BCUT2D eigenvalue weighted by molar-refractivity contribution is -0.122. The first-order valence-electron chi connectivity index (χ1n) is 9.92. The summed E-state index contributed by atoms with van der Waals surface area (Å²) < 4.78 is 42.2. The van der Waals surface area contributed by atoms with Gasteiger partial charge in [-0.2, -0.15) is 0 Å². The smallest absolute Gasteiger partial charge is 0.244 e. The predicted molar refractivity (Wildman–Crippen MR) is 126 cm³/mol. The number of methoxy groups -OCH3 is 3. The van der Waals surface area contributed by atoms with Gasteiger partial charge in [-0.25, -0.2) is 8.42 Å². The fraction of sp³-hybridized carbons (Fsp3) is 0.409. The van der Waals surface area contributed by atoms with E-state index in [2.05, 4.69) is 5.32 Å². The maximum atomic E-state index is 13.2. The van der Waals surface area contributed by atoms with Gasteiger partial charge in [0, 0.05) is 5.56 Å². The van der Waals surface area contributed by atoms with Crippen LogP contribution in [0.15, 0.2) is 36.4 Å². The summed E-state index contributed by atoms with van der Waals surface area (Å²) >= 11 is 6.20. The molecule has 1 amide bonds. The van der Waals surface area contributed by atoms with E-state index < -0.39 is 28.0 Å². The van der Waals surface area contributed by atoms with Crippen LogP contribution in [0.3, 0.4) is 0 Å². The zero-order valence-electron chi connectivity index (χ0n) is 19.0. The van der Waals surface area contributed by atoms with Gasteiger partial charge in [0.05, 0.1) is 44.3 Å². The van der Waals surface area contributed by atoms with Crippen molar-refractivity contribution in [1.82, 2.24) is 5.32 Å². The van der Waals surface area contributed by atoms with Crippen LogP contribution in [0.1, 0.15) is 31.9 Å². The van der Waals surface area contributed by atoms with Gasteiger partial charge in [-0.1, -0.05) is 18.5 Å². The molecule has 0 spiro atoms. The Morgan fingerprint density at radius 3 is 2.19 bits per heavy atom. The molecular weight excluding hydrogens is 456 g/mol. The number of hydrogen-bond donors (Lipinski definition) is 1. The summed E-state index contributed by atoms with van der Waals surface area (Å²) in [6.07, 6.45) is 1.29. The molecule has 2 rings (SSSR count). The van der Waals surface area contributed by atoms with Gasteiger partial charge < -0.3 is 19.5 Å². The molecule has 0 aliphatic heterocycles. The summed E-state index contributed by atoms with van der Waals surface area (Å²) in [5.41, 5.74) is 0.973. The Kier molecular flexibility index (Phi) is 8.63. The van der Waals surface area contributed by atoms with Crippen molar-refractivity contribution in [1.29, 1.82) is 0 Å². The highest BCUT2D eigenvalue weighted by Crippen LogP contribution is 2.33. The monoisotopic (exact) mass is 484 g/mol. The summed E-state index contributed by atoms with van der Waals surface area (Å²) in [4.78, 5) is 13.2. The minimum absolute atomic E-state index is 0.239. The number of rotatable bonds is 10. The van der Waals surface area contributed by atoms with Gasteiger partial charge in [0.25, 0.3) is 0 Å². The maximum absolute atomic E-state index is 13.2. The van der Waals surface area contributed by atoms with Crippen molar-refractivity contribution in [2.75, 3.05) is 31.9 Å². The molecule has 0 aliphatic carbocycles. The summed E-state index contributed by atoms with van der Waals surface area (Å²) in [5.74, 6) is 1.13. The summed E-state index contributed by atoms with van der Waals surface area (Å²) in [6.45, 7) is 3.53. The highest BCUT2D eigenvalue weighted by Gasteiger charge is 2.33. The number of halogens is 1. The standard InChI is InChI=1S/C22H29ClN2O6S/c1-7-19(25(32(6,27)28)15-8-10-21(31-5)18(23)12-15)22(26)24-14(2)17-13-16(29-3)9-11-20(17)30-4/h8-14,19H,7H2,1-6H3,(H,24,26). The van der Waals surface area contributed by atoms with E-state index in [1.165, 1.54) is 20.3 Å². The molecule has 32 heavy (non-hydrogen) atoms. The van der Waals surface area contributed by atoms with Crippen LogP contribution in [-0.4, -0.2) is 48.0 Å². The molecule has 0 heterocycles. The van der Waals surface area contributed by atoms with Gasteiger partial charge in [-0.15, -0.1) is 0 Å². The summed E-state index contributed by atoms with van der Waals surface area (Å²) in [7, 11) is 0.741. The van der Waals surface area contributed by atoms with E-state index in [0.717, 1.165) is 10.6 Å². The molecular formula is C22H29ClN2O6S. The first-order chi connectivity index (χ1) is 15.1. The SMILES string of the molecule is CCC(C(=O)NC(C)c1cc(OC)ccc1OC)N(c1ccc(OC)c(Cl)c1)S(C)(=O)=O. The van der Waals surface area contributed by atoms with Crippen molar-refractivity contribution in [3.05, 3.63) is 47.0 Å². The molecule has 1 N–H and O–H groups in total. The zero-order chi connectivity index (χ0) is 24.1. The van der Waals surface area contributed by atoms with Crippen molar-refractivity contribution >= 4 is 33.2 Å². The van der Waals surface area contributed by atoms with Gasteiger partial charge in [0.1, 0.15) is 23.3 Å². The molecule has 0 aromatic heterocycles. The topological polar surface area (TPSA) is 94.2 Å². The van der Waals surface area contributed by atoms with E-state index in [4.69, 9.17) is 25.8 Å². The number of carbonyl (C=O) groups is 1. The van der Waals surface area contributed by atoms with Crippen LogP contribution in [0.2, 0.25) is 5.02 Å². The number of benzene rings is 2. The third kappa shape index (κ3) is 5.77. The largest absolute Gasteiger partial charge is 0.497 e. The van der Waals surface area contributed by atoms with Gasteiger partial charge in [-0.05, 0) is 49.7 Å². The highest BCUT2D eigenvalue weighted by molar-refractivity contribution is 7.92. The van der Waals surface area contributed by atoms with Crippen molar-refractivity contribution < 1.29 is 27.4 Å². The number of nitrogens with zero attached hydrogens (tertiary/aromatic N) is 1. The summed E-state index contributed by atoms with van der Waals surface area (Å²) in [6, 6.07) is 8.38. The van der Waals surface area contributed by atoms with E-state index in [9.17, 15) is 13.2 Å². The van der Waals surface area contributed by atoms with E-state index >= 15 is 0 Å². The van der Waals surface area contributed by atoms with Crippen molar-refractivity contribution in [3.63, 3.8) is 0 Å². The lowest BCUT2D eigenvalue weighted by Gasteiger charge is -2.31. The minimum Gasteiger partial charge on any atom is -0.497 e. The lowest BCUT2D eigenvalue weighted by Crippen LogP contribution is -2.49. The minimum atomic E-state index is -3.81. The highest BCUT2D eigenvalue weighted by atomic mass is 35.5. The van der Waals surface area contributed by atoms with Crippen LogP contribution in [0.5, 0.6) is 17.2 Å². The van der Waals surface area contributed by atoms with Crippen LogP contribution in [0.25, 0.3) is 0 Å². The molecule has 0 saturated carbocycles. The number of anilines is 1. The second-order valence-electron chi connectivity index (χ2n) is 7.14. The zero-order valence-corrected chi connectivity index (χ0v) is 20.6. The molecule has 0 aliphatic rings. The molecule has 2 unspecified atom stereocenters. The van der Waals surface area contributed by atoms with Crippen molar-refractivity contribution in [2.45, 2.75) is 32.4 Å². The molecule has 0 saturated heterocycles. The number of amides is 1. The Morgan fingerprint density at radius 1 is 1.06 bits per heavy atom. The molecule has 2 aromatic rings. The lowest BCUT2D eigenvalue weighted by atomic mass is 10.1. The number of ether oxygens (including phenoxy) is 3. The molecule has 10 heteroatoms. The maximum Gasteiger partial charge on any atom is 0.244 e. The normalized spacial score (nSPS) is 13.1. The number of carbonyl (C=O) groups excluding carboxylic acids is 1. The fourth-order valence-corrected chi connectivity index (χ4v) is 4.87. The van der Waals surface area contributed by atoms with Crippen LogP contribution in [0.4, 0.5) is 5.69 Å². The molecule has 8 nitrogen and oxygen atoms in total. The van der Waals surface area contributed by atoms with Crippen LogP contribution >= 0.6 is 11.6 Å². The van der Waals surface area contributed by atoms with Crippen molar-refractivity contribution in [2.24, 2.45) is 0 Å². The molecule has 2 atom stereocenters. The van der Waals surface area contributed by atoms with Crippen LogP contribution < -0.4 is 23.8 Å². The Hall–Kier alpha value is -2.65. The van der Waals surface area contributed by atoms with Gasteiger partial charge in [-0.3, -0.25) is 9.10 Å². The Morgan fingerprint density at radius 2 is 1.69 bits per heavy atom. The third-order valence-electron chi connectivity index (χ3n) is 4.98. The number of nitrogens with one attached hydrogen (secondary N) is 1. The second-order valence-corrected chi connectivity index (χ2v) is 9.41. The fourth-order valence-electron chi connectivity index (χ4n) is 3.42. The summed E-state index contributed by atoms with van der Waals surface area (Å²) in [5, 5.41) is 3.13.